The van der Waals surface area contributed by atoms with E-state index in [1.165, 1.54) is 23.5 Å². The van der Waals surface area contributed by atoms with Crippen molar-refractivity contribution in [1.82, 2.24) is 5.43 Å². The van der Waals surface area contributed by atoms with Crippen molar-refractivity contribution in [2.24, 2.45) is 11.0 Å². The number of hydrogen-bond acceptors (Lipinski definition) is 5. The van der Waals surface area contributed by atoms with Gasteiger partial charge in [0, 0.05) is 23.1 Å². The topological polar surface area (TPSA) is 81.9 Å². The number of amides is 1. The molecule has 3 rings (SSSR count). The summed E-state index contributed by atoms with van der Waals surface area (Å²) in [7, 11) is 0. The quantitative estimate of drug-likeness (QED) is 0.698. The van der Waals surface area contributed by atoms with E-state index in [4.69, 9.17) is 0 Å². The number of phenolic OH excluding ortho intramolecular Hbond substituents is 2. The Morgan fingerprint density at radius 1 is 1.32 bits per heavy atom. The minimum atomic E-state index is -0.135. The van der Waals surface area contributed by atoms with E-state index in [2.05, 4.69) is 10.5 Å². The highest BCUT2D eigenvalue weighted by molar-refractivity contribution is 7.21. The first-order valence-corrected chi connectivity index (χ1v) is 6.68. The number of rotatable bonds is 1. The normalized spacial score (nSPS) is 19.3. The van der Waals surface area contributed by atoms with Gasteiger partial charge in [-0.25, -0.2) is 5.43 Å². The maximum absolute atomic E-state index is 11.2. The zero-order valence-corrected chi connectivity index (χ0v) is 11.0. The van der Waals surface area contributed by atoms with E-state index >= 15 is 0 Å². The van der Waals surface area contributed by atoms with Gasteiger partial charge in [0.2, 0.25) is 5.91 Å². The van der Waals surface area contributed by atoms with Gasteiger partial charge < -0.3 is 10.2 Å². The van der Waals surface area contributed by atoms with Crippen LogP contribution in [0.2, 0.25) is 0 Å². The molecule has 1 aromatic carbocycles. The van der Waals surface area contributed by atoms with E-state index in [1.807, 2.05) is 13.0 Å². The third-order valence-electron chi connectivity index (χ3n) is 3.13. The number of nitrogens with zero attached hydrogens (tertiary/aromatic N) is 1. The second-order valence-corrected chi connectivity index (χ2v) is 5.71. The van der Waals surface area contributed by atoms with Crippen LogP contribution < -0.4 is 5.43 Å². The maximum atomic E-state index is 11.2. The van der Waals surface area contributed by atoms with Crippen molar-refractivity contribution in [3.05, 3.63) is 23.1 Å². The molecule has 0 saturated heterocycles. The van der Waals surface area contributed by atoms with Crippen LogP contribution in [0.15, 0.2) is 23.3 Å². The van der Waals surface area contributed by atoms with E-state index in [0.717, 1.165) is 20.7 Å². The maximum Gasteiger partial charge on any atom is 0.240 e. The Balaban J connectivity index is 2.09. The zero-order chi connectivity index (χ0) is 13.6. The lowest BCUT2D eigenvalue weighted by atomic mass is 9.99. The number of hydrogen-bond donors (Lipinski definition) is 3. The Hall–Kier alpha value is -2.08. The molecule has 1 amide bonds. The first kappa shape index (κ1) is 12.0. The van der Waals surface area contributed by atoms with Crippen LogP contribution in [0.1, 0.15) is 18.2 Å². The molecule has 0 spiro atoms. The van der Waals surface area contributed by atoms with Gasteiger partial charge in [-0.05, 0) is 17.5 Å². The van der Waals surface area contributed by atoms with Gasteiger partial charge in [0.1, 0.15) is 0 Å². The third kappa shape index (κ3) is 2.04. The minimum Gasteiger partial charge on any atom is -0.504 e. The summed E-state index contributed by atoms with van der Waals surface area (Å²) in [6.07, 6.45) is 0.420. The second kappa shape index (κ2) is 4.24. The van der Waals surface area contributed by atoms with Gasteiger partial charge in [-0.15, -0.1) is 11.3 Å². The molecule has 2 heterocycles. The minimum absolute atomic E-state index is 0.0593. The average Bonchev–Trinajstić information content (AvgIpc) is 2.72. The van der Waals surface area contributed by atoms with Crippen LogP contribution in [0.5, 0.6) is 11.5 Å². The van der Waals surface area contributed by atoms with E-state index in [1.54, 1.807) is 0 Å². The molecule has 3 N–H and O–H groups in total. The van der Waals surface area contributed by atoms with Crippen LogP contribution in [-0.4, -0.2) is 21.8 Å². The number of aromatic hydroxyl groups is 2. The summed E-state index contributed by atoms with van der Waals surface area (Å²) < 4.78 is 0.872. The predicted octanol–water partition coefficient (Wildman–Crippen LogP) is 2.17. The summed E-state index contributed by atoms with van der Waals surface area (Å²) in [5, 5.41) is 23.9. The van der Waals surface area contributed by atoms with Crippen molar-refractivity contribution in [2.75, 3.05) is 0 Å². The molecule has 1 aromatic heterocycles. The summed E-state index contributed by atoms with van der Waals surface area (Å²) in [5.74, 6) is -0.284. The summed E-state index contributed by atoms with van der Waals surface area (Å²) in [6.45, 7) is 1.96. The number of thiophene rings is 1. The van der Waals surface area contributed by atoms with Crippen molar-refractivity contribution in [3.8, 4) is 11.5 Å². The number of benzene rings is 1. The lowest BCUT2D eigenvalue weighted by Gasteiger charge is -2.17. The van der Waals surface area contributed by atoms with Crippen molar-refractivity contribution in [3.63, 3.8) is 0 Å². The Morgan fingerprint density at radius 3 is 2.79 bits per heavy atom. The average molecular weight is 276 g/mol. The number of phenols is 2. The van der Waals surface area contributed by atoms with Gasteiger partial charge in [0.15, 0.2) is 11.5 Å². The monoisotopic (exact) mass is 276 g/mol. The van der Waals surface area contributed by atoms with Gasteiger partial charge in [0.05, 0.1) is 10.6 Å². The van der Waals surface area contributed by atoms with E-state index in [-0.39, 0.29) is 23.3 Å². The highest BCUT2D eigenvalue weighted by Crippen LogP contribution is 2.36. The van der Waals surface area contributed by atoms with E-state index < -0.39 is 0 Å². The number of carbonyl (C=O) groups is 1. The molecule has 2 aromatic rings. The van der Waals surface area contributed by atoms with Crippen LogP contribution >= 0.6 is 11.3 Å². The predicted molar refractivity (Wildman–Crippen MR) is 73.6 cm³/mol. The second-order valence-electron chi connectivity index (χ2n) is 4.63. The van der Waals surface area contributed by atoms with Crippen LogP contribution in [0.25, 0.3) is 10.1 Å². The van der Waals surface area contributed by atoms with Crippen LogP contribution in [0.4, 0.5) is 0 Å². The molecule has 1 aliphatic rings. The van der Waals surface area contributed by atoms with E-state index in [9.17, 15) is 15.0 Å². The molecule has 0 fully saturated rings. The molecule has 5 nitrogen and oxygen atoms in total. The summed E-state index contributed by atoms with van der Waals surface area (Å²) in [6, 6.07) is 4.97. The molecular formula is C13H12N2O3S. The highest BCUT2D eigenvalue weighted by atomic mass is 32.1. The fraction of sp³-hybridized carbons (Fsp3) is 0.231. The Kier molecular flexibility index (Phi) is 2.67. The summed E-state index contributed by atoms with van der Waals surface area (Å²) in [4.78, 5) is 12.2. The number of carbonyl (C=O) groups excluding carboxylic acids is 1. The molecule has 1 atom stereocenters. The van der Waals surface area contributed by atoms with Gasteiger partial charge in [-0.2, -0.15) is 5.10 Å². The number of hydrazone groups is 1. The van der Waals surface area contributed by atoms with Crippen LogP contribution in [0.3, 0.4) is 0 Å². The SMILES string of the molecule is CC1CC(=O)NN=C1c1cc2cc(O)c(O)cc2s1. The fourth-order valence-electron chi connectivity index (χ4n) is 2.14. The van der Waals surface area contributed by atoms with Gasteiger partial charge in [-0.3, -0.25) is 4.79 Å². The molecule has 0 aliphatic carbocycles. The molecule has 19 heavy (non-hydrogen) atoms. The van der Waals surface area contributed by atoms with Gasteiger partial charge >= 0.3 is 0 Å². The smallest absolute Gasteiger partial charge is 0.240 e. The van der Waals surface area contributed by atoms with Crippen LogP contribution in [-0.2, 0) is 4.79 Å². The molecule has 1 unspecified atom stereocenters. The van der Waals surface area contributed by atoms with Crippen molar-refractivity contribution >= 4 is 33.0 Å². The van der Waals surface area contributed by atoms with Crippen molar-refractivity contribution in [2.45, 2.75) is 13.3 Å². The van der Waals surface area contributed by atoms with Crippen molar-refractivity contribution in [1.29, 1.82) is 0 Å². The summed E-state index contributed by atoms with van der Waals surface area (Å²) in [5.41, 5.74) is 3.32. The molecule has 1 aliphatic heterocycles. The first-order valence-electron chi connectivity index (χ1n) is 5.87. The molecule has 0 radical (unpaired) electrons. The van der Waals surface area contributed by atoms with Gasteiger partial charge in [-0.1, -0.05) is 6.92 Å². The van der Waals surface area contributed by atoms with E-state index in [0.29, 0.717) is 6.42 Å². The molecular weight excluding hydrogens is 264 g/mol. The third-order valence-corrected chi connectivity index (χ3v) is 4.25. The molecule has 0 saturated carbocycles. The largest absolute Gasteiger partial charge is 0.504 e. The Bertz CT molecular complexity index is 666. The first-order chi connectivity index (χ1) is 9.04. The molecule has 0 bridgehead atoms. The Morgan fingerprint density at radius 2 is 2.05 bits per heavy atom. The number of fused-ring (bicyclic) bond motifs is 1. The van der Waals surface area contributed by atoms with Crippen LogP contribution in [0, 0.1) is 5.92 Å². The Labute approximate surface area is 113 Å². The highest BCUT2D eigenvalue weighted by Gasteiger charge is 2.23. The molecule has 6 heteroatoms. The lowest BCUT2D eigenvalue weighted by Crippen LogP contribution is -2.31. The lowest BCUT2D eigenvalue weighted by molar-refractivity contribution is -0.121. The van der Waals surface area contributed by atoms with Gasteiger partial charge in [0.25, 0.3) is 0 Å². The zero-order valence-electron chi connectivity index (χ0n) is 10.2. The number of nitrogens with one attached hydrogen (secondary N) is 1. The standard InChI is InChI=1S/C13H12N2O3S/c1-6-2-12(18)14-15-13(6)11-4-7-3-8(16)9(17)5-10(7)19-11/h3-6,16-17H,2H2,1H3,(H,14,18). The van der Waals surface area contributed by atoms with Crippen molar-refractivity contribution < 1.29 is 15.0 Å². The summed E-state index contributed by atoms with van der Waals surface area (Å²) >= 11 is 1.48. The molecule has 98 valence electrons. The fourth-order valence-corrected chi connectivity index (χ4v) is 3.32.